The predicted molar refractivity (Wildman–Crippen MR) is 98.2 cm³/mol. The molecule has 2 aromatic rings. The standard InChI is InChI=1S/C19H22ClNO5/c1-11-7-15(13(3)21(11)12(2)9-25-4)18(23)10-26-19(24)16-8-14(20)5-6-17(16)22/h5-8,12,22H,9-10H2,1-4H3/t12-/m0/s1. The van der Waals surface area contributed by atoms with Gasteiger partial charge in [0, 0.05) is 29.1 Å². The number of Topliss-reactive ketones (excluding diaryl/α,β-unsaturated/α-hetero) is 1. The first-order valence-corrected chi connectivity index (χ1v) is 8.50. The molecule has 1 atom stereocenters. The number of aromatic nitrogens is 1. The Morgan fingerprint density at radius 3 is 2.58 bits per heavy atom. The Balaban J connectivity index is 2.12. The van der Waals surface area contributed by atoms with Gasteiger partial charge in [0.25, 0.3) is 0 Å². The molecule has 6 nitrogen and oxygen atoms in total. The van der Waals surface area contributed by atoms with Crippen LogP contribution in [0.15, 0.2) is 24.3 Å². The number of halogens is 1. The number of hydrogen-bond donors (Lipinski definition) is 1. The SMILES string of the molecule is COC[C@H](C)n1c(C)cc(C(=O)COC(=O)c2cc(Cl)ccc2O)c1C. The van der Waals surface area contributed by atoms with Gasteiger partial charge in [-0.15, -0.1) is 0 Å². The minimum Gasteiger partial charge on any atom is -0.507 e. The fourth-order valence-corrected chi connectivity index (χ4v) is 3.18. The first-order chi connectivity index (χ1) is 12.3. The molecule has 0 aliphatic rings. The van der Waals surface area contributed by atoms with Crippen LogP contribution in [-0.2, 0) is 9.47 Å². The maximum absolute atomic E-state index is 12.5. The summed E-state index contributed by atoms with van der Waals surface area (Å²) in [5.41, 5.74) is 2.13. The third kappa shape index (κ3) is 4.26. The van der Waals surface area contributed by atoms with Gasteiger partial charge in [0.2, 0.25) is 5.78 Å². The van der Waals surface area contributed by atoms with Crippen LogP contribution in [0.2, 0.25) is 5.02 Å². The maximum atomic E-state index is 12.5. The summed E-state index contributed by atoms with van der Waals surface area (Å²) in [7, 11) is 1.63. The Morgan fingerprint density at radius 1 is 1.23 bits per heavy atom. The summed E-state index contributed by atoms with van der Waals surface area (Å²) in [4.78, 5) is 24.6. The second-order valence-electron chi connectivity index (χ2n) is 6.12. The highest BCUT2D eigenvalue weighted by atomic mass is 35.5. The molecule has 0 bridgehead atoms. The van der Waals surface area contributed by atoms with Gasteiger partial charge in [0.15, 0.2) is 6.61 Å². The van der Waals surface area contributed by atoms with Crippen LogP contribution in [0.3, 0.4) is 0 Å². The number of rotatable bonds is 7. The third-order valence-electron chi connectivity index (χ3n) is 4.15. The number of hydrogen-bond acceptors (Lipinski definition) is 5. The Bertz CT molecular complexity index is 828. The van der Waals surface area contributed by atoms with E-state index in [4.69, 9.17) is 21.1 Å². The number of ether oxygens (including phenoxy) is 2. The number of phenolic OH excluding ortho intramolecular Hbond substituents is 1. The summed E-state index contributed by atoms with van der Waals surface area (Å²) >= 11 is 5.82. The van der Waals surface area contributed by atoms with Gasteiger partial charge in [-0.3, -0.25) is 4.79 Å². The van der Waals surface area contributed by atoms with Crippen molar-refractivity contribution >= 4 is 23.4 Å². The molecule has 0 radical (unpaired) electrons. The van der Waals surface area contributed by atoms with Gasteiger partial charge >= 0.3 is 5.97 Å². The molecule has 0 saturated carbocycles. The maximum Gasteiger partial charge on any atom is 0.342 e. The molecule has 1 aromatic carbocycles. The van der Waals surface area contributed by atoms with E-state index in [2.05, 4.69) is 0 Å². The minimum absolute atomic E-state index is 0.0764. The highest BCUT2D eigenvalue weighted by molar-refractivity contribution is 6.31. The summed E-state index contributed by atoms with van der Waals surface area (Å²) in [5.74, 6) is -1.37. The number of benzene rings is 1. The fraction of sp³-hybridized carbons (Fsp3) is 0.368. The smallest absolute Gasteiger partial charge is 0.342 e. The molecular weight excluding hydrogens is 358 g/mol. The molecule has 26 heavy (non-hydrogen) atoms. The molecule has 1 heterocycles. The molecule has 0 unspecified atom stereocenters. The van der Waals surface area contributed by atoms with Crippen molar-refractivity contribution in [3.05, 3.63) is 51.8 Å². The molecule has 0 saturated heterocycles. The van der Waals surface area contributed by atoms with E-state index in [1.54, 1.807) is 13.2 Å². The third-order valence-corrected chi connectivity index (χ3v) is 4.38. The first-order valence-electron chi connectivity index (χ1n) is 8.12. The van der Waals surface area contributed by atoms with E-state index in [1.807, 2.05) is 25.3 Å². The molecular formula is C19H22ClNO5. The molecule has 0 aliphatic carbocycles. The second kappa shape index (κ2) is 8.38. The van der Waals surface area contributed by atoms with Crippen molar-refractivity contribution in [2.45, 2.75) is 26.8 Å². The lowest BCUT2D eigenvalue weighted by atomic mass is 10.1. The zero-order valence-corrected chi connectivity index (χ0v) is 16.0. The molecule has 0 fully saturated rings. The quantitative estimate of drug-likeness (QED) is 0.586. The van der Waals surface area contributed by atoms with Crippen LogP contribution in [-0.4, -0.2) is 41.7 Å². The van der Waals surface area contributed by atoms with Gasteiger partial charge < -0.3 is 19.1 Å². The van der Waals surface area contributed by atoms with Gasteiger partial charge in [-0.2, -0.15) is 0 Å². The lowest BCUT2D eigenvalue weighted by Crippen LogP contribution is -2.17. The average Bonchev–Trinajstić information content (AvgIpc) is 2.89. The summed E-state index contributed by atoms with van der Waals surface area (Å²) in [6.07, 6.45) is 0. The predicted octanol–water partition coefficient (Wildman–Crippen LogP) is 3.71. The van der Waals surface area contributed by atoms with E-state index in [1.165, 1.54) is 18.2 Å². The summed E-state index contributed by atoms with van der Waals surface area (Å²) in [6.45, 7) is 5.85. The largest absolute Gasteiger partial charge is 0.507 e. The Hall–Kier alpha value is -2.31. The zero-order valence-electron chi connectivity index (χ0n) is 15.2. The van der Waals surface area contributed by atoms with Crippen LogP contribution in [0.1, 0.15) is 45.1 Å². The normalized spacial score (nSPS) is 12.0. The molecule has 2 rings (SSSR count). The number of ketones is 1. The number of carbonyl (C=O) groups is 2. The highest BCUT2D eigenvalue weighted by Gasteiger charge is 2.21. The fourth-order valence-electron chi connectivity index (χ4n) is 3.01. The van der Waals surface area contributed by atoms with E-state index < -0.39 is 12.6 Å². The van der Waals surface area contributed by atoms with E-state index in [0.29, 0.717) is 12.2 Å². The van der Waals surface area contributed by atoms with Crippen LogP contribution in [0.25, 0.3) is 0 Å². The second-order valence-corrected chi connectivity index (χ2v) is 6.56. The van der Waals surface area contributed by atoms with E-state index >= 15 is 0 Å². The average molecular weight is 380 g/mol. The lowest BCUT2D eigenvalue weighted by Gasteiger charge is -2.17. The summed E-state index contributed by atoms with van der Waals surface area (Å²) in [5, 5.41) is 10.0. The topological polar surface area (TPSA) is 77.8 Å². The summed E-state index contributed by atoms with van der Waals surface area (Å²) < 4.78 is 12.2. The van der Waals surface area contributed by atoms with Crippen LogP contribution in [0.4, 0.5) is 0 Å². The van der Waals surface area contributed by atoms with E-state index in [9.17, 15) is 14.7 Å². The van der Waals surface area contributed by atoms with Crippen molar-refractivity contribution in [3.63, 3.8) is 0 Å². The molecule has 140 valence electrons. The number of nitrogens with zero attached hydrogens (tertiary/aromatic N) is 1. The van der Waals surface area contributed by atoms with E-state index in [0.717, 1.165) is 11.4 Å². The molecule has 0 aliphatic heterocycles. The number of carbonyl (C=O) groups excluding carboxylic acids is 2. The van der Waals surface area contributed by atoms with Crippen LogP contribution >= 0.6 is 11.6 Å². The Labute approximate surface area is 157 Å². The van der Waals surface area contributed by atoms with Gasteiger partial charge in [-0.25, -0.2) is 4.79 Å². The number of methoxy groups -OCH3 is 1. The molecule has 0 amide bonds. The minimum atomic E-state index is -0.806. The lowest BCUT2D eigenvalue weighted by molar-refractivity contribution is 0.0471. The monoisotopic (exact) mass is 379 g/mol. The van der Waals surface area contributed by atoms with Crippen molar-refractivity contribution in [2.75, 3.05) is 20.3 Å². The van der Waals surface area contributed by atoms with Crippen LogP contribution in [0.5, 0.6) is 5.75 Å². The van der Waals surface area contributed by atoms with Crippen molar-refractivity contribution in [1.29, 1.82) is 0 Å². The first kappa shape index (κ1) is 20.0. The van der Waals surface area contributed by atoms with Gasteiger partial charge in [0.05, 0.1) is 12.6 Å². The molecule has 1 aromatic heterocycles. The number of esters is 1. The van der Waals surface area contributed by atoms with Gasteiger partial charge in [-0.1, -0.05) is 11.6 Å². The number of aryl methyl sites for hydroxylation is 1. The molecule has 0 spiro atoms. The zero-order chi connectivity index (χ0) is 19.4. The number of aromatic hydroxyl groups is 1. The van der Waals surface area contributed by atoms with Crippen LogP contribution < -0.4 is 0 Å². The molecule has 7 heteroatoms. The summed E-state index contributed by atoms with van der Waals surface area (Å²) in [6, 6.07) is 5.89. The van der Waals surface area contributed by atoms with Crippen molar-refractivity contribution in [2.24, 2.45) is 0 Å². The highest BCUT2D eigenvalue weighted by Crippen LogP contribution is 2.23. The van der Waals surface area contributed by atoms with Crippen molar-refractivity contribution in [1.82, 2.24) is 4.57 Å². The van der Waals surface area contributed by atoms with Crippen molar-refractivity contribution in [3.8, 4) is 5.75 Å². The van der Waals surface area contributed by atoms with Gasteiger partial charge in [-0.05, 0) is 45.0 Å². The van der Waals surface area contributed by atoms with E-state index in [-0.39, 0.29) is 28.2 Å². The number of phenols is 1. The Kier molecular flexibility index (Phi) is 6.45. The Morgan fingerprint density at radius 2 is 1.92 bits per heavy atom. The van der Waals surface area contributed by atoms with Crippen molar-refractivity contribution < 1.29 is 24.2 Å². The van der Waals surface area contributed by atoms with Crippen LogP contribution in [0, 0.1) is 13.8 Å². The van der Waals surface area contributed by atoms with Gasteiger partial charge in [0.1, 0.15) is 11.3 Å². The molecule has 1 N–H and O–H groups in total.